The van der Waals surface area contributed by atoms with Crippen LogP contribution in [0.25, 0.3) is 6.08 Å². The van der Waals surface area contributed by atoms with Crippen molar-refractivity contribution in [3.8, 4) is 5.75 Å². The molecule has 0 spiro atoms. The number of fused-ring (bicyclic) bond motifs is 1. The molecule has 2 saturated heterocycles. The Hall–Kier alpha value is -2.66. The molecule has 0 saturated carbocycles. The smallest absolute Gasteiger partial charge is 0.252 e. The number of nitrogens with one attached hydrogen (secondary N) is 1. The molecule has 3 aliphatic heterocycles. The highest BCUT2D eigenvalue weighted by atomic mass is 35.5. The molecule has 186 valence electrons. The van der Waals surface area contributed by atoms with E-state index >= 15 is 0 Å². The largest absolute Gasteiger partial charge is 0.493 e. The third kappa shape index (κ3) is 5.30. The molecule has 9 nitrogen and oxygen atoms in total. The number of sulfonamides is 1. The van der Waals surface area contributed by atoms with Crippen LogP contribution in [0.2, 0.25) is 5.02 Å². The van der Waals surface area contributed by atoms with Crippen LogP contribution in [0.3, 0.4) is 0 Å². The number of ether oxygens (including phenoxy) is 1. The fourth-order valence-electron chi connectivity index (χ4n) is 4.66. The van der Waals surface area contributed by atoms with Gasteiger partial charge >= 0.3 is 0 Å². The Kier molecular flexibility index (Phi) is 6.97. The average molecular weight is 518 g/mol. The van der Waals surface area contributed by atoms with Crippen LogP contribution in [0.5, 0.6) is 5.75 Å². The molecule has 11 heteroatoms. The van der Waals surface area contributed by atoms with Gasteiger partial charge in [-0.25, -0.2) is 13.8 Å². The van der Waals surface area contributed by atoms with E-state index in [9.17, 15) is 13.2 Å². The zero-order valence-electron chi connectivity index (χ0n) is 19.3. The van der Waals surface area contributed by atoms with Crippen LogP contribution in [0.15, 0.2) is 47.6 Å². The van der Waals surface area contributed by atoms with Crippen LogP contribution in [-0.2, 0) is 14.8 Å². The molecule has 0 unspecified atom stereocenters. The van der Waals surface area contributed by atoms with Gasteiger partial charge in [0.1, 0.15) is 5.75 Å². The number of nitrogens with zero attached hydrogens (tertiary/aromatic N) is 4. The maximum absolute atomic E-state index is 13.4. The summed E-state index contributed by atoms with van der Waals surface area (Å²) < 4.78 is 33.7. The molecule has 1 aromatic carbocycles. The Labute approximate surface area is 210 Å². The summed E-state index contributed by atoms with van der Waals surface area (Å²) in [6, 6.07) is 9.29. The van der Waals surface area contributed by atoms with Gasteiger partial charge in [-0.15, -0.1) is 0 Å². The number of amides is 1. The van der Waals surface area contributed by atoms with Crippen molar-refractivity contribution in [2.45, 2.75) is 25.3 Å². The van der Waals surface area contributed by atoms with Gasteiger partial charge in [0.2, 0.25) is 10.0 Å². The van der Waals surface area contributed by atoms with E-state index in [1.165, 1.54) is 4.31 Å². The third-order valence-corrected chi connectivity index (χ3v) is 8.83. The van der Waals surface area contributed by atoms with Crippen molar-refractivity contribution in [2.24, 2.45) is 0 Å². The van der Waals surface area contributed by atoms with Crippen molar-refractivity contribution in [3.63, 3.8) is 0 Å². The Balaban J connectivity index is 1.19. The number of hydrazine groups is 1. The molecule has 5 rings (SSSR count). The Morgan fingerprint density at radius 2 is 1.83 bits per heavy atom. The van der Waals surface area contributed by atoms with Crippen LogP contribution < -0.4 is 15.1 Å². The van der Waals surface area contributed by atoms with Crippen molar-refractivity contribution in [2.75, 3.05) is 44.2 Å². The monoisotopic (exact) mass is 517 g/mol. The first kappa shape index (κ1) is 24.1. The lowest BCUT2D eigenvalue weighted by atomic mass is 10.1. The quantitative estimate of drug-likeness (QED) is 0.651. The molecule has 0 atom stereocenters. The summed E-state index contributed by atoms with van der Waals surface area (Å²) in [5, 5.41) is 2.11. The minimum atomic E-state index is -3.79. The Morgan fingerprint density at radius 1 is 1.06 bits per heavy atom. The van der Waals surface area contributed by atoms with E-state index in [0.29, 0.717) is 22.9 Å². The number of hydrogen-bond donors (Lipinski definition) is 1. The predicted octanol–water partition coefficient (Wildman–Crippen LogP) is 2.51. The maximum Gasteiger partial charge on any atom is 0.252 e. The molecule has 2 fully saturated rings. The minimum Gasteiger partial charge on any atom is -0.493 e. The van der Waals surface area contributed by atoms with Crippen molar-refractivity contribution in [3.05, 3.63) is 58.2 Å². The second kappa shape index (κ2) is 10.1. The third-order valence-electron chi connectivity index (χ3n) is 6.62. The first-order valence-electron chi connectivity index (χ1n) is 11.7. The first-order valence-corrected chi connectivity index (χ1v) is 13.6. The van der Waals surface area contributed by atoms with E-state index < -0.39 is 10.0 Å². The van der Waals surface area contributed by atoms with Gasteiger partial charge in [-0.2, -0.15) is 4.31 Å². The van der Waals surface area contributed by atoms with Crippen LogP contribution in [0.1, 0.15) is 24.8 Å². The predicted molar refractivity (Wildman–Crippen MR) is 134 cm³/mol. The second-order valence-electron chi connectivity index (χ2n) is 8.87. The summed E-state index contributed by atoms with van der Waals surface area (Å²) in [6.45, 7) is 2.35. The molecule has 1 N–H and O–H groups in total. The van der Waals surface area contributed by atoms with E-state index in [-0.39, 0.29) is 43.0 Å². The van der Waals surface area contributed by atoms with Gasteiger partial charge in [-0.05, 0) is 49.2 Å². The summed E-state index contributed by atoms with van der Waals surface area (Å²) in [4.78, 5) is 19.5. The van der Waals surface area contributed by atoms with Crippen molar-refractivity contribution in [1.29, 1.82) is 0 Å². The molecular weight excluding hydrogens is 490 g/mol. The molecule has 0 aliphatic carbocycles. The van der Waals surface area contributed by atoms with E-state index in [1.54, 1.807) is 41.7 Å². The topological polar surface area (TPSA) is 95.1 Å². The highest BCUT2D eigenvalue weighted by molar-refractivity contribution is 7.93. The lowest BCUT2D eigenvalue weighted by Crippen LogP contribution is -2.60. The minimum absolute atomic E-state index is 0.172. The standard InChI is InChI=1S/C24H28ClN5O4S/c25-19-2-1-18-15-22(7-14-34-23(18)16-19)35(32,33)29-12-13-30(24(31)17-29)27-20-5-10-28(11-6-20)21-3-8-26-9-4-21/h1-4,8-9,15-16,20,27H,5-7,10-14,17H2. The Bertz CT molecular complexity index is 1220. The highest BCUT2D eigenvalue weighted by Gasteiger charge is 2.35. The zero-order chi connectivity index (χ0) is 24.4. The molecule has 0 radical (unpaired) electrons. The molecule has 2 aromatic rings. The number of aromatic nitrogens is 1. The van der Waals surface area contributed by atoms with Gasteiger partial charge < -0.3 is 9.64 Å². The number of carbonyl (C=O) groups excluding carboxylic acids is 1. The van der Waals surface area contributed by atoms with Crippen molar-refractivity contribution in [1.82, 2.24) is 19.7 Å². The highest BCUT2D eigenvalue weighted by Crippen LogP contribution is 2.32. The number of halogens is 1. The number of carbonyl (C=O) groups is 1. The number of pyridine rings is 1. The normalized spacial score (nSPS) is 20.1. The van der Waals surface area contributed by atoms with E-state index in [2.05, 4.69) is 15.3 Å². The summed E-state index contributed by atoms with van der Waals surface area (Å²) in [5.41, 5.74) is 5.15. The number of rotatable bonds is 5. The summed E-state index contributed by atoms with van der Waals surface area (Å²) in [6.07, 6.45) is 7.22. The molecule has 3 aliphatic rings. The van der Waals surface area contributed by atoms with E-state index in [4.69, 9.17) is 16.3 Å². The summed E-state index contributed by atoms with van der Waals surface area (Å²) in [7, 11) is -3.79. The molecule has 4 heterocycles. The Morgan fingerprint density at radius 3 is 2.57 bits per heavy atom. The lowest BCUT2D eigenvalue weighted by molar-refractivity contribution is -0.138. The number of piperidine rings is 1. The average Bonchev–Trinajstić information content (AvgIpc) is 3.09. The molecule has 1 aromatic heterocycles. The van der Waals surface area contributed by atoms with Gasteiger partial charge in [0.25, 0.3) is 5.91 Å². The zero-order valence-corrected chi connectivity index (χ0v) is 20.8. The van der Waals surface area contributed by atoms with Crippen molar-refractivity contribution < 1.29 is 17.9 Å². The molecule has 0 bridgehead atoms. The maximum atomic E-state index is 13.4. The van der Waals surface area contributed by atoms with E-state index in [1.807, 2.05) is 12.1 Å². The van der Waals surface area contributed by atoms with Crippen LogP contribution in [-0.4, -0.2) is 74.0 Å². The first-order chi connectivity index (χ1) is 16.9. The number of benzene rings is 1. The molecule has 35 heavy (non-hydrogen) atoms. The molecular formula is C24H28ClN5O4S. The van der Waals surface area contributed by atoms with Crippen molar-refractivity contribution >= 4 is 39.3 Å². The van der Waals surface area contributed by atoms with Gasteiger partial charge in [-0.1, -0.05) is 11.6 Å². The van der Waals surface area contributed by atoms with Gasteiger partial charge in [0.15, 0.2) is 0 Å². The van der Waals surface area contributed by atoms with Crippen LogP contribution in [0.4, 0.5) is 5.69 Å². The second-order valence-corrected chi connectivity index (χ2v) is 11.3. The summed E-state index contributed by atoms with van der Waals surface area (Å²) >= 11 is 6.03. The number of anilines is 1. The van der Waals surface area contributed by atoms with Gasteiger partial charge in [-0.3, -0.25) is 14.8 Å². The van der Waals surface area contributed by atoms with E-state index in [0.717, 1.165) is 31.6 Å². The number of hydrogen-bond acceptors (Lipinski definition) is 7. The van der Waals surface area contributed by atoms with Crippen LogP contribution in [0, 0.1) is 0 Å². The van der Waals surface area contributed by atoms with Crippen LogP contribution >= 0.6 is 11.6 Å². The fourth-order valence-corrected chi connectivity index (χ4v) is 6.38. The SMILES string of the molecule is O=C1CN(S(=O)(=O)C2=Cc3ccc(Cl)cc3OCC2)CCN1NC1CCN(c2ccncc2)CC1. The van der Waals surface area contributed by atoms with Gasteiger partial charge in [0.05, 0.1) is 24.6 Å². The fraction of sp³-hybridized carbons (Fsp3) is 0.417. The van der Waals surface area contributed by atoms with Gasteiger partial charge in [0, 0.05) is 60.8 Å². The number of piperazine rings is 1. The lowest BCUT2D eigenvalue weighted by Gasteiger charge is -2.39. The molecule has 1 amide bonds. The summed E-state index contributed by atoms with van der Waals surface area (Å²) in [5.74, 6) is 0.316.